The van der Waals surface area contributed by atoms with E-state index in [9.17, 15) is 13.2 Å². The molecule has 0 radical (unpaired) electrons. The van der Waals surface area contributed by atoms with Gasteiger partial charge in [-0.05, 0) is 87.1 Å². The second-order valence-electron chi connectivity index (χ2n) is 9.71. The van der Waals surface area contributed by atoms with E-state index in [0.29, 0.717) is 35.2 Å². The molecule has 0 bridgehead atoms. The van der Waals surface area contributed by atoms with Crippen molar-refractivity contribution in [3.63, 3.8) is 0 Å². The van der Waals surface area contributed by atoms with Gasteiger partial charge >= 0.3 is 0 Å². The Hall–Kier alpha value is -1.80. The van der Waals surface area contributed by atoms with Crippen LogP contribution in [-0.2, 0) is 14.8 Å². The van der Waals surface area contributed by atoms with Crippen LogP contribution in [0.3, 0.4) is 0 Å². The molecule has 4 rings (SSSR count). The van der Waals surface area contributed by atoms with E-state index in [1.54, 1.807) is 24.3 Å². The second-order valence-corrected chi connectivity index (χ2v) is 12.5. The minimum Gasteiger partial charge on any atom is -0.493 e. The average Bonchev–Trinajstić information content (AvgIpc) is 2.86. The number of likely N-dealkylation sites (tertiary alicyclic amines) is 1. The number of amides is 1. The summed E-state index contributed by atoms with van der Waals surface area (Å²) < 4.78 is 34.6. The Kier molecular flexibility index (Phi) is 8.31. The first-order valence-electron chi connectivity index (χ1n) is 12.1. The highest BCUT2D eigenvalue weighted by Crippen LogP contribution is 2.38. The molecule has 190 valence electrons. The number of sulfonamides is 1. The van der Waals surface area contributed by atoms with Gasteiger partial charge in [-0.2, -0.15) is 4.31 Å². The van der Waals surface area contributed by atoms with Crippen molar-refractivity contribution in [1.82, 2.24) is 9.21 Å². The molecule has 1 amide bonds. The number of ether oxygens (including phenoxy) is 1. The number of carbonyl (C=O) groups is 1. The molecule has 35 heavy (non-hydrogen) atoms. The molecule has 2 fully saturated rings. The molecular formula is C26H32Cl2N2O4S. The van der Waals surface area contributed by atoms with Crippen LogP contribution in [0, 0.1) is 12.3 Å². The number of aryl methyl sites for hydroxylation is 1. The first-order valence-corrected chi connectivity index (χ1v) is 14.3. The summed E-state index contributed by atoms with van der Waals surface area (Å²) in [5.74, 6) is 0.737. The van der Waals surface area contributed by atoms with Gasteiger partial charge < -0.3 is 9.64 Å². The monoisotopic (exact) mass is 538 g/mol. The van der Waals surface area contributed by atoms with Crippen molar-refractivity contribution in [2.45, 2.75) is 50.3 Å². The highest BCUT2D eigenvalue weighted by molar-refractivity contribution is 7.89. The van der Waals surface area contributed by atoms with Crippen LogP contribution in [0.15, 0.2) is 47.4 Å². The molecule has 0 saturated carbocycles. The van der Waals surface area contributed by atoms with Crippen LogP contribution in [0.2, 0.25) is 10.0 Å². The number of halogens is 2. The van der Waals surface area contributed by atoms with Crippen molar-refractivity contribution in [3.05, 3.63) is 58.1 Å². The SMILES string of the molecule is Cc1cc(OCC2(CC(=O)N3CCCCC3)CCCN(S(=O)(=O)c3ccc(Cl)cc3)C2)ccc1Cl. The van der Waals surface area contributed by atoms with Gasteiger partial charge in [-0.3, -0.25) is 4.79 Å². The van der Waals surface area contributed by atoms with E-state index >= 15 is 0 Å². The Morgan fingerprint density at radius 1 is 1.00 bits per heavy atom. The fourth-order valence-corrected chi connectivity index (χ4v) is 6.79. The van der Waals surface area contributed by atoms with Crippen LogP contribution in [0.25, 0.3) is 0 Å². The number of piperidine rings is 2. The molecule has 2 aliphatic rings. The molecule has 1 atom stereocenters. The minimum absolute atomic E-state index is 0.0753. The van der Waals surface area contributed by atoms with Gasteiger partial charge in [-0.15, -0.1) is 0 Å². The molecule has 0 aliphatic carbocycles. The number of nitrogens with zero attached hydrogens (tertiary/aromatic N) is 2. The number of benzene rings is 2. The Bertz CT molecular complexity index is 1150. The Morgan fingerprint density at radius 3 is 2.40 bits per heavy atom. The first-order chi connectivity index (χ1) is 16.7. The van der Waals surface area contributed by atoms with Crippen LogP contribution in [0.1, 0.15) is 44.1 Å². The number of hydrogen-bond donors (Lipinski definition) is 0. The topological polar surface area (TPSA) is 66.9 Å². The number of hydrogen-bond acceptors (Lipinski definition) is 4. The number of carbonyl (C=O) groups excluding carboxylic acids is 1. The third-order valence-corrected chi connectivity index (χ3v) is 9.52. The molecule has 6 nitrogen and oxygen atoms in total. The van der Waals surface area contributed by atoms with Gasteiger partial charge in [-0.1, -0.05) is 23.2 Å². The van der Waals surface area contributed by atoms with Crippen LogP contribution in [0.5, 0.6) is 5.75 Å². The normalized spacial score (nSPS) is 21.6. The molecule has 0 aromatic heterocycles. The zero-order valence-electron chi connectivity index (χ0n) is 20.0. The zero-order chi connectivity index (χ0) is 25.1. The van der Waals surface area contributed by atoms with Gasteiger partial charge in [0.1, 0.15) is 5.75 Å². The van der Waals surface area contributed by atoms with Crippen LogP contribution in [-0.4, -0.2) is 56.3 Å². The maximum absolute atomic E-state index is 13.5. The highest BCUT2D eigenvalue weighted by atomic mass is 35.5. The summed E-state index contributed by atoms with van der Waals surface area (Å²) in [6.07, 6.45) is 4.79. The van der Waals surface area contributed by atoms with Crippen LogP contribution in [0.4, 0.5) is 0 Å². The Morgan fingerprint density at radius 2 is 1.71 bits per heavy atom. The summed E-state index contributed by atoms with van der Waals surface area (Å²) in [4.78, 5) is 15.4. The molecular weight excluding hydrogens is 507 g/mol. The molecule has 1 unspecified atom stereocenters. The maximum atomic E-state index is 13.5. The molecule has 2 aromatic rings. The van der Waals surface area contributed by atoms with E-state index in [1.165, 1.54) is 16.4 Å². The highest BCUT2D eigenvalue weighted by Gasteiger charge is 2.43. The summed E-state index contributed by atoms with van der Waals surface area (Å²) in [7, 11) is -3.73. The van der Waals surface area contributed by atoms with Gasteiger partial charge in [0.25, 0.3) is 0 Å². The summed E-state index contributed by atoms with van der Waals surface area (Å²) in [6, 6.07) is 11.7. The van der Waals surface area contributed by atoms with Crippen LogP contribution < -0.4 is 4.74 Å². The van der Waals surface area contributed by atoms with Crippen molar-refractivity contribution in [3.8, 4) is 5.75 Å². The quantitative estimate of drug-likeness (QED) is 0.463. The lowest BCUT2D eigenvalue weighted by atomic mass is 9.78. The van der Waals surface area contributed by atoms with E-state index in [1.807, 2.05) is 17.9 Å². The third-order valence-electron chi connectivity index (χ3n) is 6.99. The van der Waals surface area contributed by atoms with Crippen molar-refractivity contribution < 1.29 is 17.9 Å². The van der Waals surface area contributed by atoms with Gasteiger partial charge in [0.2, 0.25) is 15.9 Å². The van der Waals surface area contributed by atoms with E-state index < -0.39 is 15.4 Å². The Balaban J connectivity index is 1.58. The van der Waals surface area contributed by atoms with Gasteiger partial charge in [0.15, 0.2) is 0 Å². The fraction of sp³-hybridized carbons (Fsp3) is 0.500. The summed E-state index contributed by atoms with van der Waals surface area (Å²) >= 11 is 12.1. The van der Waals surface area contributed by atoms with Crippen molar-refractivity contribution in [2.24, 2.45) is 5.41 Å². The lowest BCUT2D eigenvalue weighted by Gasteiger charge is -2.42. The smallest absolute Gasteiger partial charge is 0.243 e. The van der Waals surface area contributed by atoms with E-state index in [2.05, 4.69) is 0 Å². The second kappa shape index (κ2) is 11.1. The predicted octanol–water partition coefficient (Wildman–Crippen LogP) is 5.55. The third kappa shape index (κ3) is 6.31. The Labute approximate surface area is 218 Å². The predicted molar refractivity (Wildman–Crippen MR) is 139 cm³/mol. The van der Waals surface area contributed by atoms with Gasteiger partial charge in [0, 0.05) is 48.1 Å². The minimum atomic E-state index is -3.73. The van der Waals surface area contributed by atoms with Gasteiger partial charge in [-0.25, -0.2) is 8.42 Å². The number of rotatable bonds is 7. The molecule has 2 saturated heterocycles. The molecule has 0 N–H and O–H groups in total. The van der Waals surface area contributed by atoms with E-state index in [0.717, 1.165) is 37.9 Å². The zero-order valence-corrected chi connectivity index (χ0v) is 22.3. The van der Waals surface area contributed by atoms with Crippen molar-refractivity contribution in [2.75, 3.05) is 32.8 Å². The largest absolute Gasteiger partial charge is 0.493 e. The summed E-state index contributed by atoms with van der Waals surface area (Å²) in [5, 5.41) is 1.14. The molecule has 2 heterocycles. The van der Waals surface area contributed by atoms with Crippen LogP contribution >= 0.6 is 23.2 Å². The molecule has 2 aliphatic heterocycles. The van der Waals surface area contributed by atoms with Crippen molar-refractivity contribution in [1.29, 1.82) is 0 Å². The lowest BCUT2D eigenvalue weighted by Crippen LogP contribution is -2.51. The average molecular weight is 540 g/mol. The molecule has 0 spiro atoms. The van der Waals surface area contributed by atoms with E-state index in [4.69, 9.17) is 27.9 Å². The van der Waals surface area contributed by atoms with E-state index in [-0.39, 0.29) is 30.4 Å². The molecule has 2 aromatic carbocycles. The summed E-state index contributed by atoms with van der Waals surface area (Å²) in [6.45, 7) is 4.32. The first kappa shape index (κ1) is 26.3. The fourth-order valence-electron chi connectivity index (χ4n) is 4.96. The molecule has 9 heteroatoms. The lowest BCUT2D eigenvalue weighted by molar-refractivity contribution is -0.136. The standard InChI is InChI=1S/C26H32Cl2N2O4S/c1-20-16-22(8-11-24(20)28)34-19-26(17-25(31)29-13-3-2-4-14-29)12-5-15-30(18-26)35(32,33)23-9-6-21(27)7-10-23/h6-11,16H,2-5,12-15,17-19H2,1H3. The summed E-state index contributed by atoms with van der Waals surface area (Å²) in [5.41, 5.74) is 0.276. The maximum Gasteiger partial charge on any atom is 0.243 e. The van der Waals surface area contributed by atoms with Gasteiger partial charge in [0.05, 0.1) is 11.5 Å². The van der Waals surface area contributed by atoms with Crippen molar-refractivity contribution >= 4 is 39.1 Å².